The highest BCUT2D eigenvalue weighted by Gasteiger charge is 2.47. The Morgan fingerprint density at radius 3 is 2.47 bits per heavy atom. The maximum Gasteiger partial charge on any atom is 0.471 e. The number of Topliss-reactive ketones (excluding diaryl/α,β-unsaturated/α-hetero) is 1. The van der Waals surface area contributed by atoms with Crippen molar-refractivity contribution in [3.63, 3.8) is 0 Å². The molecule has 0 radical (unpaired) electrons. The maximum absolute atomic E-state index is 12.1. The molecule has 0 aromatic heterocycles. The number of halogens is 4. The maximum atomic E-state index is 12.1. The third kappa shape index (κ3) is 2.70. The zero-order valence-electron chi connectivity index (χ0n) is 7.68. The van der Waals surface area contributed by atoms with Gasteiger partial charge in [-0.3, -0.25) is 9.59 Å². The molecule has 1 heterocycles. The number of carbonyl (C=O) groups excluding carboxylic acids is 2. The minimum absolute atomic E-state index is 0.00174. The minimum Gasteiger partial charge on any atom is -0.325 e. The van der Waals surface area contributed by atoms with Crippen molar-refractivity contribution in [2.75, 3.05) is 11.9 Å². The number of amides is 1. The summed E-state index contributed by atoms with van der Waals surface area (Å²) in [5, 5.41) is -0.0285. The van der Waals surface area contributed by atoms with E-state index in [4.69, 9.17) is 0 Å². The van der Waals surface area contributed by atoms with Crippen molar-refractivity contribution in [1.29, 1.82) is 0 Å². The Bertz CT molecular complexity index is 280. The van der Waals surface area contributed by atoms with Crippen LogP contribution in [0.1, 0.15) is 12.8 Å². The molecule has 0 aliphatic carbocycles. The molecule has 1 unspecified atom stereocenters. The van der Waals surface area contributed by atoms with Gasteiger partial charge < -0.3 is 4.90 Å². The molecule has 1 aliphatic rings. The summed E-state index contributed by atoms with van der Waals surface area (Å²) in [7, 11) is 0. The van der Waals surface area contributed by atoms with Gasteiger partial charge in [0.2, 0.25) is 0 Å². The first-order valence-electron chi connectivity index (χ1n) is 4.34. The van der Waals surface area contributed by atoms with E-state index >= 15 is 0 Å². The molecule has 0 spiro atoms. The second-order valence-electron chi connectivity index (χ2n) is 3.25. The van der Waals surface area contributed by atoms with E-state index in [-0.39, 0.29) is 17.7 Å². The summed E-state index contributed by atoms with van der Waals surface area (Å²) >= 11 is 2.88. The zero-order valence-corrected chi connectivity index (χ0v) is 9.27. The van der Waals surface area contributed by atoms with E-state index in [1.165, 1.54) is 0 Å². The molecule has 1 rings (SSSR count). The molecule has 7 heteroatoms. The topological polar surface area (TPSA) is 37.4 Å². The quantitative estimate of drug-likeness (QED) is 0.722. The molecule has 3 nitrogen and oxygen atoms in total. The fourth-order valence-electron chi connectivity index (χ4n) is 1.60. The van der Waals surface area contributed by atoms with Gasteiger partial charge in [-0.1, -0.05) is 15.9 Å². The SMILES string of the molecule is O=C(CBr)C1CCCN1C(=O)C(F)(F)F. The number of likely N-dealkylation sites (tertiary alicyclic amines) is 1. The van der Waals surface area contributed by atoms with Crippen molar-refractivity contribution in [3.8, 4) is 0 Å². The van der Waals surface area contributed by atoms with Crippen LogP contribution in [0.3, 0.4) is 0 Å². The van der Waals surface area contributed by atoms with Crippen LogP contribution in [0.2, 0.25) is 0 Å². The van der Waals surface area contributed by atoms with Crippen molar-refractivity contribution in [1.82, 2.24) is 4.90 Å². The number of hydrogen-bond acceptors (Lipinski definition) is 2. The number of hydrogen-bond donors (Lipinski definition) is 0. The van der Waals surface area contributed by atoms with Crippen molar-refractivity contribution in [3.05, 3.63) is 0 Å². The van der Waals surface area contributed by atoms with Gasteiger partial charge >= 0.3 is 12.1 Å². The lowest BCUT2D eigenvalue weighted by atomic mass is 10.1. The summed E-state index contributed by atoms with van der Waals surface area (Å²) in [6, 6.07) is -0.918. The third-order valence-corrected chi connectivity index (χ3v) is 2.81. The summed E-state index contributed by atoms with van der Waals surface area (Å²) in [6.07, 6.45) is -4.15. The molecule has 15 heavy (non-hydrogen) atoms. The lowest BCUT2D eigenvalue weighted by Gasteiger charge is -2.23. The Hall–Kier alpha value is -0.590. The number of rotatable bonds is 2. The van der Waals surface area contributed by atoms with Crippen molar-refractivity contribution in [2.45, 2.75) is 25.1 Å². The first-order chi connectivity index (χ1) is 6.88. The second kappa shape index (κ2) is 4.51. The molecule has 0 bridgehead atoms. The fraction of sp³-hybridized carbons (Fsp3) is 0.750. The second-order valence-corrected chi connectivity index (χ2v) is 3.82. The van der Waals surface area contributed by atoms with Crippen LogP contribution in [-0.4, -0.2) is 40.7 Å². The molecule has 1 atom stereocenters. The smallest absolute Gasteiger partial charge is 0.325 e. The molecule has 1 fully saturated rings. The molecule has 1 saturated heterocycles. The molecule has 0 aromatic carbocycles. The van der Waals surface area contributed by atoms with E-state index in [1.54, 1.807) is 0 Å². The number of carbonyl (C=O) groups is 2. The van der Waals surface area contributed by atoms with E-state index in [9.17, 15) is 22.8 Å². The lowest BCUT2D eigenvalue weighted by molar-refractivity contribution is -0.186. The van der Waals surface area contributed by atoms with E-state index in [0.717, 1.165) is 0 Å². The van der Waals surface area contributed by atoms with Gasteiger partial charge in [-0.05, 0) is 12.8 Å². The highest BCUT2D eigenvalue weighted by Crippen LogP contribution is 2.26. The van der Waals surface area contributed by atoms with Crippen LogP contribution >= 0.6 is 15.9 Å². The first kappa shape index (κ1) is 12.5. The number of alkyl halides is 4. The van der Waals surface area contributed by atoms with Crippen molar-refractivity contribution >= 4 is 27.6 Å². The first-order valence-corrected chi connectivity index (χ1v) is 5.46. The van der Waals surface area contributed by atoms with E-state index in [1.807, 2.05) is 0 Å². The fourth-order valence-corrected chi connectivity index (χ4v) is 1.97. The lowest BCUT2D eigenvalue weighted by Crippen LogP contribution is -2.47. The van der Waals surface area contributed by atoms with Crippen LogP contribution in [0.25, 0.3) is 0 Å². The van der Waals surface area contributed by atoms with Crippen LogP contribution in [-0.2, 0) is 9.59 Å². The summed E-state index contributed by atoms with van der Waals surface area (Å²) in [5.74, 6) is -2.30. The van der Waals surface area contributed by atoms with Crippen LogP contribution in [0, 0.1) is 0 Å². The Balaban J connectivity index is 2.77. The number of ketones is 1. The largest absolute Gasteiger partial charge is 0.471 e. The highest BCUT2D eigenvalue weighted by molar-refractivity contribution is 9.09. The van der Waals surface area contributed by atoms with Gasteiger partial charge in [0.25, 0.3) is 0 Å². The molecule has 0 saturated carbocycles. The van der Waals surface area contributed by atoms with Crippen LogP contribution in [0.15, 0.2) is 0 Å². The molecule has 86 valence electrons. The standard InChI is InChI=1S/C8H9BrF3NO2/c9-4-6(14)5-2-1-3-13(5)7(15)8(10,11)12/h5H,1-4H2. The van der Waals surface area contributed by atoms with E-state index in [0.29, 0.717) is 17.7 Å². The summed E-state index contributed by atoms with van der Waals surface area (Å²) < 4.78 is 36.4. The van der Waals surface area contributed by atoms with E-state index < -0.39 is 18.1 Å². The van der Waals surface area contributed by atoms with Crippen LogP contribution in [0.5, 0.6) is 0 Å². The van der Waals surface area contributed by atoms with Gasteiger partial charge in [-0.2, -0.15) is 13.2 Å². The van der Waals surface area contributed by atoms with Gasteiger partial charge in [-0.25, -0.2) is 0 Å². The monoisotopic (exact) mass is 287 g/mol. The van der Waals surface area contributed by atoms with Crippen LogP contribution < -0.4 is 0 Å². The Labute approximate surface area is 92.7 Å². The Kier molecular flexibility index (Phi) is 3.75. The molecular formula is C8H9BrF3NO2. The Morgan fingerprint density at radius 1 is 1.40 bits per heavy atom. The van der Waals surface area contributed by atoms with Gasteiger partial charge in [0.15, 0.2) is 5.78 Å². The molecule has 0 aromatic rings. The zero-order chi connectivity index (χ0) is 11.6. The third-order valence-electron chi connectivity index (χ3n) is 2.26. The molecule has 1 amide bonds. The molecular weight excluding hydrogens is 279 g/mol. The average Bonchev–Trinajstić information content (AvgIpc) is 2.62. The summed E-state index contributed by atoms with van der Waals surface area (Å²) in [6.45, 7) is 0.00174. The normalized spacial score (nSPS) is 21.9. The van der Waals surface area contributed by atoms with Crippen LogP contribution in [0.4, 0.5) is 13.2 Å². The van der Waals surface area contributed by atoms with Gasteiger partial charge in [0, 0.05) is 6.54 Å². The highest BCUT2D eigenvalue weighted by atomic mass is 79.9. The van der Waals surface area contributed by atoms with Crippen molar-refractivity contribution in [2.24, 2.45) is 0 Å². The Morgan fingerprint density at radius 2 is 2.00 bits per heavy atom. The predicted molar refractivity (Wildman–Crippen MR) is 49.6 cm³/mol. The summed E-state index contributed by atoms with van der Waals surface area (Å²) in [4.78, 5) is 22.8. The van der Waals surface area contributed by atoms with Gasteiger partial charge in [0.05, 0.1) is 11.4 Å². The molecule has 0 N–H and O–H groups in total. The summed E-state index contributed by atoms with van der Waals surface area (Å²) in [5.41, 5.74) is 0. The molecule has 1 aliphatic heterocycles. The predicted octanol–water partition coefficient (Wildman–Crippen LogP) is 1.50. The van der Waals surface area contributed by atoms with Gasteiger partial charge in [-0.15, -0.1) is 0 Å². The van der Waals surface area contributed by atoms with E-state index in [2.05, 4.69) is 15.9 Å². The average molecular weight is 288 g/mol. The number of nitrogens with zero attached hydrogens (tertiary/aromatic N) is 1. The minimum atomic E-state index is -4.89. The van der Waals surface area contributed by atoms with Gasteiger partial charge in [0.1, 0.15) is 0 Å². The van der Waals surface area contributed by atoms with Crippen molar-refractivity contribution < 1.29 is 22.8 Å².